The highest BCUT2D eigenvalue weighted by molar-refractivity contribution is 7.87. The molecule has 0 spiro atoms. The molecule has 0 saturated carbocycles. The van der Waals surface area contributed by atoms with Crippen LogP contribution in [0.15, 0.2) is 28.0 Å². The van der Waals surface area contributed by atoms with Crippen molar-refractivity contribution in [3.63, 3.8) is 0 Å². The van der Waals surface area contributed by atoms with Gasteiger partial charge in [-0.15, -0.1) is 0 Å². The Labute approximate surface area is 271 Å². The van der Waals surface area contributed by atoms with E-state index in [4.69, 9.17) is 18.4 Å². The van der Waals surface area contributed by atoms with Crippen LogP contribution < -0.4 is 4.18 Å². The van der Waals surface area contributed by atoms with Crippen LogP contribution in [0.4, 0.5) is 0 Å². The van der Waals surface area contributed by atoms with Gasteiger partial charge < -0.3 is 22.9 Å². The Balaban J connectivity index is 1.22. The quantitative estimate of drug-likeness (QED) is 0.271. The maximum Gasteiger partial charge on any atom is 0.339 e. The van der Waals surface area contributed by atoms with Crippen molar-refractivity contribution in [2.24, 2.45) is 0 Å². The summed E-state index contributed by atoms with van der Waals surface area (Å²) >= 11 is 0. The molecule has 0 aromatic heterocycles. The van der Waals surface area contributed by atoms with E-state index in [1.54, 1.807) is 6.92 Å². The second kappa shape index (κ2) is 10.7. The fourth-order valence-corrected chi connectivity index (χ4v) is 12.6. The normalized spacial score (nSPS) is 36.1. The van der Waals surface area contributed by atoms with Crippen LogP contribution in [-0.4, -0.2) is 58.0 Å². The first-order chi connectivity index (χ1) is 22.0. The van der Waals surface area contributed by atoms with Gasteiger partial charge in [-0.05, 0) is 124 Å². The SMILES string of the molecule is Cc1cc(S(=O)(=O)[O-])c2c(c1OS(=O)(=O)c1c(C3CC4CCC3O4)cc(C3CC4CCC3O4)cc1C1CC3CCC1O3)CCCC2. The van der Waals surface area contributed by atoms with Crippen LogP contribution in [0.25, 0.3) is 0 Å². The Morgan fingerprint density at radius 3 is 1.65 bits per heavy atom. The molecule has 6 heterocycles. The van der Waals surface area contributed by atoms with Crippen molar-refractivity contribution in [2.75, 3.05) is 0 Å². The van der Waals surface area contributed by atoms with Crippen LogP contribution in [0.5, 0.6) is 5.75 Å². The highest BCUT2D eigenvalue weighted by Gasteiger charge is 2.49. The maximum absolute atomic E-state index is 14.9. The van der Waals surface area contributed by atoms with Crippen LogP contribution in [0.2, 0.25) is 0 Å². The minimum Gasteiger partial charge on any atom is -0.744 e. The lowest BCUT2D eigenvalue weighted by Crippen LogP contribution is -2.26. The van der Waals surface area contributed by atoms with Gasteiger partial charge in [0.2, 0.25) is 0 Å². The van der Waals surface area contributed by atoms with Gasteiger partial charge in [0, 0.05) is 23.3 Å². The summed E-state index contributed by atoms with van der Waals surface area (Å²) in [5.74, 6) is 0.266. The minimum atomic E-state index is -4.73. The van der Waals surface area contributed by atoms with Gasteiger partial charge in [-0.1, -0.05) is 12.1 Å². The molecular weight excluding hydrogens is 629 g/mol. The molecule has 6 fully saturated rings. The summed E-state index contributed by atoms with van der Waals surface area (Å²) in [5, 5.41) is 0. The first-order valence-corrected chi connectivity index (χ1v) is 20.0. The first kappa shape index (κ1) is 30.1. The van der Waals surface area contributed by atoms with E-state index in [1.807, 2.05) is 0 Å². The van der Waals surface area contributed by atoms with Gasteiger partial charge in [0.15, 0.2) is 0 Å². The lowest BCUT2D eigenvalue weighted by atomic mass is 9.76. The molecule has 1 aliphatic carbocycles. The Kier molecular flexibility index (Phi) is 7.02. The monoisotopic (exact) mass is 669 g/mol. The van der Waals surface area contributed by atoms with Crippen molar-refractivity contribution >= 4 is 20.2 Å². The number of fused-ring (bicyclic) bond motifs is 7. The molecule has 11 heteroatoms. The Morgan fingerprint density at radius 2 is 1.20 bits per heavy atom. The summed E-state index contributed by atoms with van der Waals surface area (Å²) in [5.41, 5.74) is 3.98. The van der Waals surface area contributed by atoms with E-state index in [-0.39, 0.29) is 69.9 Å². The van der Waals surface area contributed by atoms with Gasteiger partial charge in [0.1, 0.15) is 20.8 Å². The number of ether oxygens (including phenoxy) is 3. The molecular formula is C35H41O9S2-. The zero-order valence-electron chi connectivity index (χ0n) is 26.1. The highest BCUT2D eigenvalue weighted by atomic mass is 32.2. The first-order valence-electron chi connectivity index (χ1n) is 17.2. The molecule has 9 nitrogen and oxygen atoms in total. The molecule has 9 atom stereocenters. The van der Waals surface area contributed by atoms with Crippen molar-refractivity contribution in [1.82, 2.24) is 0 Å². The van der Waals surface area contributed by atoms with E-state index in [9.17, 15) is 21.4 Å². The smallest absolute Gasteiger partial charge is 0.339 e. The number of aryl methyl sites for hydroxylation is 1. The summed E-state index contributed by atoms with van der Waals surface area (Å²) in [6.45, 7) is 1.63. The number of hydrogen-bond donors (Lipinski definition) is 0. The summed E-state index contributed by atoms with van der Waals surface area (Å²) in [6, 6.07) is 5.56. The van der Waals surface area contributed by atoms with Crippen LogP contribution in [-0.2, 0) is 47.3 Å². The van der Waals surface area contributed by atoms with Gasteiger partial charge in [0.25, 0.3) is 0 Å². The molecule has 9 unspecified atom stereocenters. The molecule has 6 bridgehead atoms. The maximum atomic E-state index is 14.9. The van der Waals surface area contributed by atoms with Crippen LogP contribution in [0.3, 0.4) is 0 Å². The number of hydrogen-bond acceptors (Lipinski definition) is 9. The predicted octanol–water partition coefficient (Wildman–Crippen LogP) is 5.65. The Bertz CT molecular complexity index is 1770. The van der Waals surface area contributed by atoms with Crippen molar-refractivity contribution in [1.29, 1.82) is 0 Å². The third-order valence-corrected chi connectivity index (χ3v) is 14.4. The molecule has 2 aromatic rings. The van der Waals surface area contributed by atoms with E-state index >= 15 is 0 Å². The topological polar surface area (TPSA) is 128 Å². The summed E-state index contributed by atoms with van der Waals surface area (Å²) < 4.78 is 91.7. The average molecular weight is 670 g/mol. The molecule has 0 radical (unpaired) electrons. The lowest BCUT2D eigenvalue weighted by Gasteiger charge is -2.31. The van der Waals surface area contributed by atoms with Crippen molar-refractivity contribution in [3.05, 3.63) is 51.6 Å². The van der Waals surface area contributed by atoms with Gasteiger partial charge in [-0.2, -0.15) is 8.42 Å². The zero-order chi connectivity index (χ0) is 31.5. The molecule has 6 saturated heterocycles. The van der Waals surface area contributed by atoms with E-state index < -0.39 is 20.2 Å². The standard InChI is InChI=1S/C35H42O9S2/c1-18-12-33(45(36,37)38)23-4-2-3-5-24(23)34(18)44-46(39,40)35-28(26-16-21-7-10-31(26)42-21)13-19(25-15-20-6-9-30(25)41-20)14-29(35)27-17-22-8-11-32(27)43-22/h12-14,20-22,25-27,30-32H,2-11,15-17H2,1H3,(H,36,37,38)/p-1. The van der Waals surface area contributed by atoms with E-state index in [0.29, 0.717) is 29.5 Å². The Hall–Kier alpha value is -2.02. The van der Waals surface area contributed by atoms with E-state index in [0.717, 1.165) is 87.3 Å². The van der Waals surface area contributed by atoms with Crippen LogP contribution in [0.1, 0.15) is 122 Å². The molecule has 7 aliphatic rings. The van der Waals surface area contributed by atoms with Gasteiger partial charge in [-0.25, -0.2) is 8.42 Å². The lowest BCUT2D eigenvalue weighted by molar-refractivity contribution is 0.0996. The largest absolute Gasteiger partial charge is 0.744 e. The van der Waals surface area contributed by atoms with Gasteiger partial charge >= 0.3 is 10.1 Å². The third-order valence-electron chi connectivity index (χ3n) is 12.2. The van der Waals surface area contributed by atoms with Gasteiger partial charge in [-0.3, -0.25) is 0 Å². The number of benzene rings is 2. The van der Waals surface area contributed by atoms with E-state index in [2.05, 4.69) is 12.1 Å². The van der Waals surface area contributed by atoms with Gasteiger partial charge in [0.05, 0.1) is 41.5 Å². The van der Waals surface area contributed by atoms with Crippen molar-refractivity contribution in [3.8, 4) is 5.75 Å². The molecule has 0 amide bonds. The molecule has 0 N–H and O–H groups in total. The predicted molar refractivity (Wildman–Crippen MR) is 166 cm³/mol. The minimum absolute atomic E-state index is 0.0364. The highest BCUT2D eigenvalue weighted by Crippen LogP contribution is 2.54. The fraction of sp³-hybridized carbons (Fsp3) is 0.657. The average Bonchev–Trinajstić information content (AvgIpc) is 3.89. The summed E-state index contributed by atoms with van der Waals surface area (Å²) in [7, 11) is -9.14. The summed E-state index contributed by atoms with van der Waals surface area (Å²) in [4.78, 5) is -0.0198. The zero-order valence-corrected chi connectivity index (χ0v) is 27.7. The van der Waals surface area contributed by atoms with Crippen LogP contribution >= 0.6 is 0 Å². The second-order valence-electron chi connectivity index (χ2n) is 14.9. The number of rotatable bonds is 7. The summed E-state index contributed by atoms with van der Waals surface area (Å²) in [6.07, 6.45) is 11.3. The second-order valence-corrected chi connectivity index (χ2v) is 17.7. The molecule has 6 aliphatic heterocycles. The van der Waals surface area contributed by atoms with Crippen molar-refractivity contribution in [2.45, 2.75) is 155 Å². The van der Waals surface area contributed by atoms with E-state index in [1.165, 1.54) is 6.07 Å². The molecule has 248 valence electrons. The third kappa shape index (κ3) is 4.82. The van der Waals surface area contributed by atoms with Crippen molar-refractivity contribution < 1.29 is 39.8 Å². The molecule has 9 rings (SSSR count). The Morgan fingerprint density at radius 1 is 0.696 bits per heavy atom. The molecule has 46 heavy (non-hydrogen) atoms. The fourth-order valence-electron chi connectivity index (χ4n) is 10.2. The van der Waals surface area contributed by atoms with Crippen LogP contribution in [0, 0.1) is 6.92 Å². The molecule has 2 aromatic carbocycles.